The van der Waals surface area contributed by atoms with Crippen LogP contribution in [0.15, 0.2) is 18.5 Å². The number of hydrogen-bond acceptors (Lipinski definition) is 2. The molecule has 0 aromatic carbocycles. The number of hydrogen-bond donors (Lipinski definition) is 1. The summed E-state index contributed by atoms with van der Waals surface area (Å²) in [7, 11) is 2.09. The summed E-state index contributed by atoms with van der Waals surface area (Å²) in [5.41, 5.74) is 2.75. The highest BCUT2D eigenvalue weighted by molar-refractivity contribution is 5.25. The SMILES string of the molecule is CNC(c1cnccc1C)C1CCC(C(C)C)CC1. The van der Waals surface area contributed by atoms with Crippen LogP contribution in [0.3, 0.4) is 0 Å². The Morgan fingerprint density at radius 1 is 1.16 bits per heavy atom. The molecule has 1 atom stereocenters. The van der Waals surface area contributed by atoms with Crippen molar-refractivity contribution in [1.82, 2.24) is 10.3 Å². The molecule has 2 nitrogen and oxygen atoms in total. The minimum Gasteiger partial charge on any atom is -0.313 e. The van der Waals surface area contributed by atoms with Crippen LogP contribution in [-0.4, -0.2) is 12.0 Å². The average molecular weight is 260 g/mol. The Balaban J connectivity index is 2.06. The van der Waals surface area contributed by atoms with Crippen molar-refractivity contribution < 1.29 is 0 Å². The molecular weight excluding hydrogens is 232 g/mol. The van der Waals surface area contributed by atoms with Crippen LogP contribution < -0.4 is 5.32 Å². The maximum Gasteiger partial charge on any atom is 0.0364 e. The van der Waals surface area contributed by atoms with Gasteiger partial charge in [-0.3, -0.25) is 4.98 Å². The van der Waals surface area contributed by atoms with E-state index in [1.807, 2.05) is 12.4 Å². The first-order chi connectivity index (χ1) is 9.13. The van der Waals surface area contributed by atoms with Gasteiger partial charge in [0.1, 0.15) is 0 Å². The van der Waals surface area contributed by atoms with Crippen LogP contribution in [0, 0.1) is 24.7 Å². The van der Waals surface area contributed by atoms with Gasteiger partial charge in [-0.2, -0.15) is 0 Å². The number of pyridine rings is 1. The molecule has 2 rings (SSSR count). The van der Waals surface area contributed by atoms with E-state index in [9.17, 15) is 0 Å². The van der Waals surface area contributed by atoms with Crippen LogP contribution in [0.5, 0.6) is 0 Å². The van der Waals surface area contributed by atoms with Crippen molar-refractivity contribution in [3.8, 4) is 0 Å². The zero-order chi connectivity index (χ0) is 13.8. The summed E-state index contributed by atoms with van der Waals surface area (Å²) in [6.07, 6.45) is 9.41. The van der Waals surface area contributed by atoms with Gasteiger partial charge in [0.05, 0.1) is 0 Å². The molecule has 1 N–H and O–H groups in total. The number of nitrogens with zero attached hydrogens (tertiary/aromatic N) is 1. The zero-order valence-corrected chi connectivity index (χ0v) is 12.8. The molecule has 19 heavy (non-hydrogen) atoms. The summed E-state index contributed by atoms with van der Waals surface area (Å²) in [6, 6.07) is 2.60. The monoisotopic (exact) mass is 260 g/mol. The molecule has 1 aliphatic rings. The van der Waals surface area contributed by atoms with Crippen molar-refractivity contribution >= 4 is 0 Å². The predicted octanol–water partition coefficient (Wildman–Crippen LogP) is 4.11. The van der Waals surface area contributed by atoms with Crippen molar-refractivity contribution in [2.24, 2.45) is 17.8 Å². The maximum absolute atomic E-state index is 4.31. The largest absolute Gasteiger partial charge is 0.313 e. The maximum atomic E-state index is 4.31. The van der Waals surface area contributed by atoms with Crippen molar-refractivity contribution in [3.63, 3.8) is 0 Å². The van der Waals surface area contributed by atoms with E-state index in [-0.39, 0.29) is 0 Å². The van der Waals surface area contributed by atoms with Gasteiger partial charge in [0.2, 0.25) is 0 Å². The minimum absolute atomic E-state index is 0.474. The highest BCUT2D eigenvalue weighted by Gasteiger charge is 2.29. The Bertz CT molecular complexity index is 392. The normalized spacial score (nSPS) is 25.5. The predicted molar refractivity (Wildman–Crippen MR) is 81.1 cm³/mol. The topological polar surface area (TPSA) is 24.9 Å². The average Bonchev–Trinajstić information content (AvgIpc) is 2.42. The molecule has 0 amide bonds. The smallest absolute Gasteiger partial charge is 0.0364 e. The van der Waals surface area contributed by atoms with E-state index in [2.05, 4.69) is 44.2 Å². The molecule has 1 fully saturated rings. The van der Waals surface area contributed by atoms with Gasteiger partial charge in [0.25, 0.3) is 0 Å². The van der Waals surface area contributed by atoms with Crippen LogP contribution in [0.1, 0.15) is 56.7 Å². The lowest BCUT2D eigenvalue weighted by molar-refractivity contribution is 0.192. The minimum atomic E-state index is 0.474. The number of aryl methyl sites for hydroxylation is 1. The Morgan fingerprint density at radius 2 is 1.79 bits per heavy atom. The number of nitrogens with one attached hydrogen (secondary N) is 1. The van der Waals surface area contributed by atoms with E-state index in [0.717, 1.165) is 17.8 Å². The molecule has 1 saturated carbocycles. The molecule has 0 aliphatic heterocycles. The molecule has 1 heterocycles. The van der Waals surface area contributed by atoms with E-state index in [4.69, 9.17) is 0 Å². The van der Waals surface area contributed by atoms with Crippen molar-refractivity contribution in [1.29, 1.82) is 0 Å². The van der Waals surface area contributed by atoms with Crippen molar-refractivity contribution in [2.45, 2.75) is 52.5 Å². The van der Waals surface area contributed by atoms with Gasteiger partial charge < -0.3 is 5.32 Å². The van der Waals surface area contributed by atoms with Gasteiger partial charge >= 0.3 is 0 Å². The lowest BCUT2D eigenvalue weighted by atomic mass is 9.73. The van der Waals surface area contributed by atoms with E-state index in [1.165, 1.54) is 36.8 Å². The second-order valence-corrected chi connectivity index (χ2v) is 6.42. The summed E-state index contributed by atoms with van der Waals surface area (Å²) in [6.45, 7) is 6.93. The van der Waals surface area contributed by atoms with E-state index in [0.29, 0.717) is 6.04 Å². The molecule has 106 valence electrons. The summed E-state index contributed by atoms with van der Waals surface area (Å²) in [5.74, 6) is 2.54. The second kappa shape index (κ2) is 6.51. The van der Waals surface area contributed by atoms with Crippen LogP contribution in [0.2, 0.25) is 0 Å². The third-order valence-electron chi connectivity index (χ3n) is 4.96. The third-order valence-corrected chi connectivity index (χ3v) is 4.96. The van der Waals surface area contributed by atoms with Crippen LogP contribution >= 0.6 is 0 Å². The first kappa shape index (κ1) is 14.5. The van der Waals surface area contributed by atoms with Gasteiger partial charge in [-0.15, -0.1) is 0 Å². The lowest BCUT2D eigenvalue weighted by Crippen LogP contribution is -2.30. The molecule has 0 radical (unpaired) electrons. The van der Waals surface area contributed by atoms with E-state index in [1.54, 1.807) is 0 Å². The fraction of sp³-hybridized carbons (Fsp3) is 0.706. The summed E-state index contributed by atoms with van der Waals surface area (Å²) in [4.78, 5) is 4.31. The van der Waals surface area contributed by atoms with Gasteiger partial charge in [0, 0.05) is 18.4 Å². The van der Waals surface area contributed by atoms with Crippen LogP contribution in [0.4, 0.5) is 0 Å². The Kier molecular flexibility index (Phi) is 4.98. The molecule has 0 saturated heterocycles. The summed E-state index contributed by atoms with van der Waals surface area (Å²) in [5, 5.41) is 3.53. The number of rotatable bonds is 4. The zero-order valence-electron chi connectivity index (χ0n) is 12.8. The standard InChI is InChI=1S/C17H28N2/c1-12(2)14-5-7-15(8-6-14)17(18-4)16-11-19-10-9-13(16)3/h9-12,14-15,17-18H,5-8H2,1-4H3. The molecule has 1 aromatic rings. The van der Waals surface area contributed by atoms with Crippen molar-refractivity contribution in [2.75, 3.05) is 7.05 Å². The van der Waals surface area contributed by atoms with Gasteiger partial charge in [-0.1, -0.05) is 13.8 Å². The fourth-order valence-electron chi connectivity index (χ4n) is 3.59. The van der Waals surface area contributed by atoms with Crippen molar-refractivity contribution in [3.05, 3.63) is 29.6 Å². The Hall–Kier alpha value is -0.890. The quantitative estimate of drug-likeness (QED) is 0.881. The first-order valence-electron chi connectivity index (χ1n) is 7.71. The molecule has 0 spiro atoms. The van der Waals surface area contributed by atoms with Gasteiger partial charge in [-0.25, -0.2) is 0 Å². The summed E-state index contributed by atoms with van der Waals surface area (Å²) < 4.78 is 0. The van der Waals surface area contributed by atoms with Gasteiger partial charge in [-0.05, 0) is 74.6 Å². The highest BCUT2D eigenvalue weighted by atomic mass is 14.9. The molecule has 0 bridgehead atoms. The van der Waals surface area contributed by atoms with Crippen LogP contribution in [0.25, 0.3) is 0 Å². The third kappa shape index (κ3) is 3.36. The molecular formula is C17H28N2. The molecule has 1 aliphatic carbocycles. The second-order valence-electron chi connectivity index (χ2n) is 6.42. The highest BCUT2D eigenvalue weighted by Crippen LogP contribution is 2.39. The molecule has 2 heteroatoms. The first-order valence-corrected chi connectivity index (χ1v) is 7.71. The Morgan fingerprint density at radius 3 is 2.32 bits per heavy atom. The lowest BCUT2D eigenvalue weighted by Gasteiger charge is -2.35. The van der Waals surface area contributed by atoms with E-state index < -0.39 is 0 Å². The fourth-order valence-corrected chi connectivity index (χ4v) is 3.59. The molecule has 1 aromatic heterocycles. The van der Waals surface area contributed by atoms with E-state index >= 15 is 0 Å². The van der Waals surface area contributed by atoms with Gasteiger partial charge in [0.15, 0.2) is 0 Å². The molecule has 1 unspecified atom stereocenters. The Labute approximate surface area is 118 Å². The van der Waals surface area contributed by atoms with Crippen LogP contribution in [-0.2, 0) is 0 Å². The summed E-state index contributed by atoms with van der Waals surface area (Å²) >= 11 is 0. The number of aromatic nitrogens is 1.